The van der Waals surface area contributed by atoms with Crippen LogP contribution in [-0.4, -0.2) is 40.8 Å². The highest BCUT2D eigenvalue weighted by Gasteiger charge is 2.55. The van der Waals surface area contributed by atoms with Gasteiger partial charge in [-0.1, -0.05) is 66.7 Å². The van der Waals surface area contributed by atoms with E-state index in [2.05, 4.69) is 10.3 Å². The van der Waals surface area contributed by atoms with Crippen molar-refractivity contribution in [2.45, 2.75) is 12.0 Å². The SMILES string of the molecule is O=C(CN1C(=O)N[C@]2(CCOc3ccccc32)C1=O)c1c(-c2ccccc2)[nH]c2ccccc12. The van der Waals surface area contributed by atoms with Crippen molar-refractivity contribution in [2.75, 3.05) is 13.2 Å². The summed E-state index contributed by atoms with van der Waals surface area (Å²) in [6.45, 7) is -0.0530. The molecule has 1 saturated heterocycles. The summed E-state index contributed by atoms with van der Waals surface area (Å²) in [5, 5.41) is 3.61. The molecule has 2 aliphatic rings. The van der Waals surface area contributed by atoms with Crippen LogP contribution in [0.3, 0.4) is 0 Å². The number of hydrogen-bond donors (Lipinski definition) is 2. The zero-order chi connectivity index (χ0) is 23.3. The largest absolute Gasteiger partial charge is 0.493 e. The average molecular weight is 451 g/mol. The Kier molecular flexibility index (Phi) is 4.52. The van der Waals surface area contributed by atoms with E-state index in [-0.39, 0.29) is 12.3 Å². The molecule has 2 aliphatic heterocycles. The molecule has 168 valence electrons. The zero-order valence-electron chi connectivity index (χ0n) is 18.2. The lowest BCUT2D eigenvalue weighted by atomic mass is 9.84. The Balaban J connectivity index is 1.39. The zero-order valence-corrected chi connectivity index (χ0v) is 18.2. The molecule has 0 saturated carbocycles. The van der Waals surface area contributed by atoms with Gasteiger partial charge in [0, 0.05) is 22.9 Å². The molecule has 1 atom stereocenters. The number of benzene rings is 3. The van der Waals surface area contributed by atoms with E-state index in [0.29, 0.717) is 35.6 Å². The van der Waals surface area contributed by atoms with Gasteiger partial charge in [0.05, 0.1) is 24.4 Å². The van der Waals surface area contributed by atoms with Gasteiger partial charge in [-0.15, -0.1) is 0 Å². The van der Waals surface area contributed by atoms with Crippen LogP contribution < -0.4 is 10.1 Å². The second-order valence-electron chi connectivity index (χ2n) is 8.53. The molecule has 1 aromatic heterocycles. The van der Waals surface area contributed by atoms with Crippen LogP contribution in [0, 0.1) is 0 Å². The standard InChI is InChI=1S/C27H21N3O4/c31-21(23-18-10-4-6-12-20(18)28-24(23)17-8-2-1-3-9-17)16-30-25(32)27(29-26(30)33)14-15-34-22-13-7-5-11-19(22)27/h1-13,28H,14-16H2,(H,29,33)/t27-/m0/s1. The van der Waals surface area contributed by atoms with Crippen molar-refractivity contribution < 1.29 is 19.1 Å². The van der Waals surface area contributed by atoms with Crippen LogP contribution in [0.1, 0.15) is 22.3 Å². The highest BCUT2D eigenvalue weighted by atomic mass is 16.5. The molecule has 0 bridgehead atoms. The molecule has 1 spiro atoms. The molecule has 34 heavy (non-hydrogen) atoms. The second kappa shape index (κ2) is 7.59. The van der Waals surface area contributed by atoms with Crippen molar-refractivity contribution in [1.82, 2.24) is 15.2 Å². The summed E-state index contributed by atoms with van der Waals surface area (Å²) in [4.78, 5) is 44.6. The molecule has 0 unspecified atom stereocenters. The molecule has 3 aromatic carbocycles. The molecule has 0 aliphatic carbocycles. The van der Waals surface area contributed by atoms with E-state index in [1.54, 1.807) is 18.2 Å². The number of carbonyl (C=O) groups excluding carboxylic acids is 3. The fourth-order valence-electron chi connectivity index (χ4n) is 4.99. The summed E-state index contributed by atoms with van der Waals surface area (Å²) in [5.41, 5.74) is 2.22. The number of aromatic nitrogens is 1. The molecule has 1 fully saturated rings. The average Bonchev–Trinajstić information content (AvgIpc) is 3.37. The minimum Gasteiger partial charge on any atom is -0.493 e. The summed E-state index contributed by atoms with van der Waals surface area (Å²) < 4.78 is 5.69. The van der Waals surface area contributed by atoms with Gasteiger partial charge in [-0.25, -0.2) is 4.79 Å². The molecule has 4 aromatic rings. The summed E-state index contributed by atoms with van der Waals surface area (Å²) in [5.74, 6) is -0.168. The Morgan fingerprint density at radius 2 is 1.68 bits per heavy atom. The number of fused-ring (bicyclic) bond motifs is 3. The third-order valence-electron chi connectivity index (χ3n) is 6.61. The Morgan fingerprint density at radius 3 is 2.53 bits per heavy atom. The fraction of sp³-hybridized carbons (Fsp3) is 0.148. The number of carbonyl (C=O) groups is 3. The lowest BCUT2D eigenvalue weighted by molar-refractivity contribution is -0.132. The molecular formula is C27H21N3O4. The first-order valence-electron chi connectivity index (χ1n) is 11.1. The number of amides is 3. The smallest absolute Gasteiger partial charge is 0.325 e. The molecule has 3 heterocycles. The lowest BCUT2D eigenvalue weighted by Crippen LogP contribution is -2.47. The molecule has 3 amide bonds. The number of para-hydroxylation sites is 2. The predicted octanol–water partition coefficient (Wildman–Crippen LogP) is 4.25. The first kappa shape index (κ1) is 20.2. The van der Waals surface area contributed by atoms with Gasteiger partial charge in [0.25, 0.3) is 5.91 Å². The van der Waals surface area contributed by atoms with Crippen molar-refractivity contribution in [3.05, 3.63) is 90.0 Å². The van der Waals surface area contributed by atoms with E-state index in [1.807, 2.05) is 60.7 Å². The van der Waals surface area contributed by atoms with Gasteiger partial charge in [-0.3, -0.25) is 14.5 Å². The molecule has 6 rings (SSSR count). The van der Waals surface area contributed by atoms with Crippen LogP contribution >= 0.6 is 0 Å². The van der Waals surface area contributed by atoms with Gasteiger partial charge in [0.15, 0.2) is 11.3 Å². The van der Waals surface area contributed by atoms with E-state index in [0.717, 1.165) is 21.4 Å². The van der Waals surface area contributed by atoms with Crippen LogP contribution in [0.5, 0.6) is 5.75 Å². The Bertz CT molecular complexity index is 1460. The minimum atomic E-state index is -1.21. The summed E-state index contributed by atoms with van der Waals surface area (Å²) in [7, 11) is 0. The fourth-order valence-corrected chi connectivity index (χ4v) is 4.99. The van der Waals surface area contributed by atoms with Crippen LogP contribution in [0.4, 0.5) is 4.79 Å². The van der Waals surface area contributed by atoms with Gasteiger partial charge < -0.3 is 15.0 Å². The summed E-state index contributed by atoms with van der Waals surface area (Å²) in [6.07, 6.45) is 0.307. The van der Waals surface area contributed by atoms with Crippen LogP contribution in [0.15, 0.2) is 78.9 Å². The first-order valence-corrected chi connectivity index (χ1v) is 11.1. The van der Waals surface area contributed by atoms with Gasteiger partial charge in [0.2, 0.25) is 0 Å². The third kappa shape index (κ3) is 2.94. The van der Waals surface area contributed by atoms with Gasteiger partial charge >= 0.3 is 6.03 Å². The van der Waals surface area contributed by atoms with Crippen LogP contribution in [0.2, 0.25) is 0 Å². The number of nitrogens with zero attached hydrogens (tertiary/aromatic N) is 1. The lowest BCUT2D eigenvalue weighted by Gasteiger charge is -2.33. The number of Topliss-reactive ketones (excluding diaryl/α,β-unsaturated/α-hetero) is 1. The van der Waals surface area contributed by atoms with E-state index >= 15 is 0 Å². The number of urea groups is 1. The molecule has 0 radical (unpaired) electrons. The summed E-state index contributed by atoms with van der Waals surface area (Å²) in [6, 6.07) is 23.7. The maximum absolute atomic E-state index is 13.7. The van der Waals surface area contributed by atoms with E-state index in [9.17, 15) is 14.4 Å². The first-order chi connectivity index (χ1) is 16.6. The number of H-pyrrole nitrogens is 1. The minimum absolute atomic E-state index is 0.297. The topological polar surface area (TPSA) is 91.5 Å². The molecule has 7 nitrogen and oxygen atoms in total. The number of imide groups is 1. The van der Waals surface area contributed by atoms with Crippen molar-refractivity contribution in [2.24, 2.45) is 0 Å². The quantitative estimate of drug-likeness (QED) is 0.359. The number of ether oxygens (including phenoxy) is 1. The normalized spacial score (nSPS) is 19.2. The highest BCUT2D eigenvalue weighted by molar-refractivity contribution is 6.17. The number of aromatic amines is 1. The Labute approximate surface area is 195 Å². The van der Waals surface area contributed by atoms with Crippen LogP contribution in [0.25, 0.3) is 22.2 Å². The van der Waals surface area contributed by atoms with Gasteiger partial charge in [-0.2, -0.15) is 0 Å². The maximum atomic E-state index is 13.7. The predicted molar refractivity (Wildman–Crippen MR) is 127 cm³/mol. The van der Waals surface area contributed by atoms with Crippen molar-refractivity contribution >= 4 is 28.6 Å². The van der Waals surface area contributed by atoms with E-state index in [1.165, 1.54) is 0 Å². The Morgan fingerprint density at radius 1 is 0.941 bits per heavy atom. The molecule has 2 N–H and O–H groups in total. The third-order valence-corrected chi connectivity index (χ3v) is 6.61. The highest BCUT2D eigenvalue weighted by Crippen LogP contribution is 2.41. The van der Waals surface area contributed by atoms with Gasteiger partial charge in [0.1, 0.15) is 5.75 Å². The molecule has 7 heteroatoms. The van der Waals surface area contributed by atoms with Crippen molar-refractivity contribution in [1.29, 1.82) is 0 Å². The Hall–Kier alpha value is -4.39. The number of rotatable bonds is 4. The summed E-state index contributed by atoms with van der Waals surface area (Å²) >= 11 is 0. The van der Waals surface area contributed by atoms with Gasteiger partial charge in [-0.05, 0) is 17.7 Å². The molecular weight excluding hydrogens is 430 g/mol. The van der Waals surface area contributed by atoms with Crippen molar-refractivity contribution in [3.8, 4) is 17.0 Å². The van der Waals surface area contributed by atoms with E-state index < -0.39 is 17.5 Å². The number of nitrogens with one attached hydrogen (secondary N) is 2. The van der Waals surface area contributed by atoms with Crippen LogP contribution in [-0.2, 0) is 10.3 Å². The van der Waals surface area contributed by atoms with E-state index in [4.69, 9.17) is 4.74 Å². The number of hydrogen-bond acceptors (Lipinski definition) is 4. The maximum Gasteiger partial charge on any atom is 0.325 e. The second-order valence-corrected chi connectivity index (χ2v) is 8.53. The monoisotopic (exact) mass is 451 g/mol. The number of ketones is 1. The van der Waals surface area contributed by atoms with Crippen molar-refractivity contribution in [3.63, 3.8) is 0 Å².